The Morgan fingerprint density at radius 3 is 2.95 bits per heavy atom. The highest BCUT2D eigenvalue weighted by Gasteiger charge is 2.42. The maximum absolute atomic E-state index is 12.4. The average Bonchev–Trinajstić information content (AvgIpc) is 3.08. The molecule has 0 saturated carbocycles. The van der Waals surface area contributed by atoms with Gasteiger partial charge < -0.3 is 10.2 Å². The Labute approximate surface area is 126 Å². The molecule has 1 N–H and O–H groups in total. The molecule has 1 aliphatic rings. The topological polar surface area (TPSA) is 63.6 Å². The fourth-order valence-electron chi connectivity index (χ4n) is 2.10. The number of hydrogen-bond acceptors (Lipinski definition) is 5. The molecule has 21 heavy (non-hydrogen) atoms. The molecule has 0 saturated heterocycles. The van der Waals surface area contributed by atoms with E-state index in [0.29, 0.717) is 12.2 Å². The Morgan fingerprint density at radius 2 is 2.24 bits per heavy atom. The number of carbonyl (C=O) groups excluding carboxylic acids is 1. The first-order chi connectivity index (χ1) is 10.1. The fourth-order valence-corrected chi connectivity index (χ4v) is 2.80. The van der Waals surface area contributed by atoms with Crippen molar-refractivity contribution in [2.24, 2.45) is 5.16 Å². The van der Waals surface area contributed by atoms with E-state index >= 15 is 0 Å². The molecule has 2 aromatic rings. The molecule has 1 unspecified atom stereocenters. The largest absolute Gasteiger partial charge is 0.379 e. The number of oxime groups is 1. The van der Waals surface area contributed by atoms with Gasteiger partial charge in [0.25, 0.3) is 5.91 Å². The third-order valence-electron chi connectivity index (χ3n) is 3.28. The van der Waals surface area contributed by atoms with Gasteiger partial charge in [0.1, 0.15) is 11.5 Å². The van der Waals surface area contributed by atoms with Crippen molar-refractivity contribution in [3.8, 4) is 0 Å². The molecule has 0 fully saturated rings. The maximum Gasteiger partial charge on any atom is 0.272 e. The molecule has 1 aliphatic heterocycles. The van der Waals surface area contributed by atoms with E-state index < -0.39 is 5.60 Å². The molecule has 6 heteroatoms. The predicted octanol–water partition coefficient (Wildman–Crippen LogP) is 2.97. The predicted molar refractivity (Wildman–Crippen MR) is 82.6 cm³/mol. The highest BCUT2D eigenvalue weighted by Crippen LogP contribution is 2.29. The number of thiophene rings is 1. The third kappa shape index (κ3) is 2.80. The summed E-state index contributed by atoms with van der Waals surface area (Å²) in [5.74, 6) is 0.283. The van der Waals surface area contributed by atoms with Crippen molar-refractivity contribution < 1.29 is 9.63 Å². The number of pyridine rings is 1. The summed E-state index contributed by atoms with van der Waals surface area (Å²) in [6.07, 6.45) is 0.450. The molecule has 5 nitrogen and oxygen atoms in total. The second-order valence-corrected chi connectivity index (χ2v) is 6.08. The summed E-state index contributed by atoms with van der Waals surface area (Å²) in [5, 5.41) is 8.82. The highest BCUT2D eigenvalue weighted by atomic mass is 32.1. The molecule has 0 spiro atoms. The molecule has 3 rings (SSSR count). The van der Waals surface area contributed by atoms with Gasteiger partial charge in [0.2, 0.25) is 5.60 Å². The van der Waals surface area contributed by atoms with E-state index in [-0.39, 0.29) is 5.91 Å². The number of hydrogen-bond donors (Lipinski definition) is 1. The molecule has 108 valence electrons. The zero-order chi connectivity index (χ0) is 14.9. The van der Waals surface area contributed by atoms with Gasteiger partial charge in [0, 0.05) is 12.1 Å². The highest BCUT2D eigenvalue weighted by molar-refractivity contribution is 7.12. The second kappa shape index (κ2) is 5.29. The lowest BCUT2D eigenvalue weighted by Crippen LogP contribution is -2.40. The SMILES string of the molecule is Cc1cccc(NC(=O)C2(C)CC(c3cccs3)=NO2)n1. The molecule has 3 heterocycles. The Morgan fingerprint density at radius 1 is 1.38 bits per heavy atom. The third-order valence-corrected chi connectivity index (χ3v) is 4.20. The van der Waals surface area contributed by atoms with Crippen LogP contribution in [-0.4, -0.2) is 22.2 Å². The smallest absolute Gasteiger partial charge is 0.272 e. The van der Waals surface area contributed by atoms with Crippen LogP contribution in [0.1, 0.15) is 23.9 Å². The van der Waals surface area contributed by atoms with Crippen LogP contribution in [0.25, 0.3) is 0 Å². The quantitative estimate of drug-likeness (QED) is 0.948. The van der Waals surface area contributed by atoms with Crippen molar-refractivity contribution >= 4 is 28.8 Å². The van der Waals surface area contributed by atoms with Crippen molar-refractivity contribution in [3.63, 3.8) is 0 Å². The molecule has 1 amide bonds. The Kier molecular flexibility index (Phi) is 3.47. The zero-order valence-corrected chi connectivity index (χ0v) is 12.6. The summed E-state index contributed by atoms with van der Waals surface area (Å²) < 4.78 is 0. The van der Waals surface area contributed by atoms with Crippen LogP contribution in [-0.2, 0) is 9.63 Å². The minimum Gasteiger partial charge on any atom is -0.379 e. The van der Waals surface area contributed by atoms with E-state index in [9.17, 15) is 4.79 Å². The van der Waals surface area contributed by atoms with Crippen molar-refractivity contribution in [3.05, 3.63) is 46.3 Å². The summed E-state index contributed by atoms with van der Waals surface area (Å²) in [7, 11) is 0. The average molecular weight is 301 g/mol. The number of rotatable bonds is 3. The maximum atomic E-state index is 12.4. The van der Waals surface area contributed by atoms with Crippen LogP contribution < -0.4 is 5.32 Å². The van der Waals surface area contributed by atoms with E-state index in [1.54, 1.807) is 24.3 Å². The number of carbonyl (C=O) groups is 1. The first-order valence-corrected chi connectivity index (χ1v) is 7.49. The molecular weight excluding hydrogens is 286 g/mol. The van der Waals surface area contributed by atoms with Crippen LogP contribution in [0.2, 0.25) is 0 Å². The number of anilines is 1. The van der Waals surface area contributed by atoms with Crippen LogP contribution in [0.15, 0.2) is 40.9 Å². The number of nitrogens with one attached hydrogen (secondary N) is 1. The number of aromatic nitrogens is 1. The summed E-state index contributed by atoms with van der Waals surface area (Å²) in [6, 6.07) is 9.41. The molecule has 0 aliphatic carbocycles. The second-order valence-electron chi connectivity index (χ2n) is 5.13. The van der Waals surface area contributed by atoms with Gasteiger partial charge >= 0.3 is 0 Å². The van der Waals surface area contributed by atoms with Crippen LogP contribution in [0.3, 0.4) is 0 Å². The van der Waals surface area contributed by atoms with Crippen LogP contribution in [0, 0.1) is 6.92 Å². The van der Waals surface area contributed by atoms with Gasteiger partial charge in [-0.25, -0.2) is 4.98 Å². The van der Waals surface area contributed by atoms with E-state index in [1.807, 2.05) is 36.6 Å². The van der Waals surface area contributed by atoms with Crippen molar-refractivity contribution in [1.82, 2.24) is 4.98 Å². The van der Waals surface area contributed by atoms with Crippen LogP contribution in [0.4, 0.5) is 5.82 Å². The van der Waals surface area contributed by atoms with Gasteiger partial charge in [-0.3, -0.25) is 4.79 Å². The van der Waals surface area contributed by atoms with Crippen molar-refractivity contribution in [2.75, 3.05) is 5.32 Å². The van der Waals surface area contributed by atoms with E-state index in [2.05, 4.69) is 15.5 Å². The summed E-state index contributed by atoms with van der Waals surface area (Å²) in [4.78, 5) is 23.1. The summed E-state index contributed by atoms with van der Waals surface area (Å²) in [6.45, 7) is 3.61. The van der Waals surface area contributed by atoms with E-state index in [1.165, 1.54) is 0 Å². The van der Waals surface area contributed by atoms with Gasteiger partial charge in [-0.05, 0) is 37.4 Å². The first kappa shape index (κ1) is 13.8. The van der Waals surface area contributed by atoms with Gasteiger partial charge in [-0.15, -0.1) is 11.3 Å². The Balaban J connectivity index is 1.71. The van der Waals surface area contributed by atoms with Gasteiger partial charge in [-0.2, -0.15) is 0 Å². The molecule has 0 aromatic carbocycles. The lowest BCUT2D eigenvalue weighted by Gasteiger charge is -2.20. The minimum atomic E-state index is -0.995. The van der Waals surface area contributed by atoms with Crippen molar-refractivity contribution in [2.45, 2.75) is 25.9 Å². The standard InChI is InChI=1S/C15H15N3O2S/c1-10-5-3-7-13(16-10)17-14(19)15(2)9-11(18-20-15)12-6-4-8-21-12/h3-8H,9H2,1-2H3,(H,16,17,19). The van der Waals surface area contributed by atoms with Crippen molar-refractivity contribution in [1.29, 1.82) is 0 Å². The van der Waals surface area contributed by atoms with E-state index in [4.69, 9.17) is 4.84 Å². The number of amides is 1. The molecular formula is C15H15N3O2S. The normalized spacial score (nSPS) is 20.8. The lowest BCUT2D eigenvalue weighted by molar-refractivity contribution is -0.135. The van der Waals surface area contributed by atoms with Crippen LogP contribution in [0.5, 0.6) is 0 Å². The zero-order valence-electron chi connectivity index (χ0n) is 11.8. The number of aryl methyl sites for hydroxylation is 1. The molecule has 2 aromatic heterocycles. The van der Waals surface area contributed by atoms with Gasteiger partial charge in [0.15, 0.2) is 0 Å². The number of nitrogens with zero attached hydrogens (tertiary/aromatic N) is 2. The summed E-state index contributed by atoms with van der Waals surface area (Å²) in [5.41, 5.74) is 0.658. The lowest BCUT2D eigenvalue weighted by atomic mass is 9.98. The monoisotopic (exact) mass is 301 g/mol. The van der Waals surface area contributed by atoms with E-state index in [0.717, 1.165) is 16.3 Å². The summed E-state index contributed by atoms with van der Waals surface area (Å²) >= 11 is 1.58. The first-order valence-electron chi connectivity index (χ1n) is 6.61. The van der Waals surface area contributed by atoms with Crippen LogP contribution >= 0.6 is 11.3 Å². The fraction of sp³-hybridized carbons (Fsp3) is 0.267. The molecule has 0 bridgehead atoms. The van der Waals surface area contributed by atoms with Gasteiger partial charge in [-0.1, -0.05) is 17.3 Å². The Hall–Kier alpha value is -2.21. The van der Waals surface area contributed by atoms with Gasteiger partial charge in [0.05, 0.1) is 4.88 Å². The minimum absolute atomic E-state index is 0.240. The Bertz CT molecular complexity index is 697. The molecule has 0 radical (unpaired) electrons. The molecule has 1 atom stereocenters.